The minimum atomic E-state index is 0.360. The van der Waals surface area contributed by atoms with Crippen molar-refractivity contribution in [1.29, 1.82) is 0 Å². The van der Waals surface area contributed by atoms with Crippen LogP contribution in [0.3, 0.4) is 0 Å². The molecule has 1 aromatic carbocycles. The van der Waals surface area contributed by atoms with E-state index in [4.69, 9.17) is 18.2 Å². The van der Waals surface area contributed by atoms with Crippen LogP contribution in [-0.4, -0.2) is 41.1 Å². The number of rotatable bonds is 3. The fourth-order valence-corrected chi connectivity index (χ4v) is 3.59. The summed E-state index contributed by atoms with van der Waals surface area (Å²) < 4.78 is 0. The summed E-state index contributed by atoms with van der Waals surface area (Å²) in [4.78, 5) is 19.8. The molecule has 0 saturated carbocycles. The lowest BCUT2D eigenvalue weighted by atomic mass is 10.2. The minimum absolute atomic E-state index is 0.360. The molecule has 7 heteroatoms. The Morgan fingerprint density at radius 3 is 3.04 bits per heavy atom. The third kappa shape index (κ3) is 2.77. The van der Waals surface area contributed by atoms with Crippen molar-refractivity contribution >= 4 is 39.8 Å². The Labute approximate surface area is 150 Å². The second-order valence-electron chi connectivity index (χ2n) is 6.18. The summed E-state index contributed by atoms with van der Waals surface area (Å²) in [5, 5.41) is 1.55. The Balaban J connectivity index is 1.55. The lowest BCUT2D eigenvalue weighted by Crippen LogP contribution is -2.34. The van der Waals surface area contributed by atoms with E-state index >= 15 is 0 Å². The molecule has 1 N–H and O–H groups in total. The zero-order chi connectivity index (χ0) is 17.4. The van der Waals surface area contributed by atoms with Gasteiger partial charge < -0.3 is 14.8 Å². The number of nitrogens with zero attached hydrogens (tertiary/aromatic N) is 5. The maximum atomic E-state index is 7.11. The summed E-state index contributed by atoms with van der Waals surface area (Å²) in [7, 11) is 2.07. The van der Waals surface area contributed by atoms with Crippen LogP contribution >= 0.6 is 11.6 Å². The number of hydrogen-bond donors (Lipinski definition) is 1. The Bertz CT molecular complexity index is 960. The van der Waals surface area contributed by atoms with E-state index < -0.39 is 0 Å². The van der Waals surface area contributed by atoms with Crippen molar-refractivity contribution < 1.29 is 0 Å². The SMILES string of the molecule is [C-]#[N+]c1ccc(N(C)[C@@H]2CCN(c3ncnc4[nH]ccc34)C2)cc1Cl. The third-order valence-corrected chi connectivity index (χ3v) is 5.11. The summed E-state index contributed by atoms with van der Waals surface area (Å²) in [6, 6.07) is 7.98. The number of aromatic nitrogens is 3. The summed E-state index contributed by atoms with van der Waals surface area (Å²) >= 11 is 6.19. The molecule has 3 aromatic rings. The van der Waals surface area contributed by atoms with Crippen LogP contribution in [0.2, 0.25) is 5.02 Å². The molecule has 0 radical (unpaired) electrons. The van der Waals surface area contributed by atoms with Crippen LogP contribution in [0.4, 0.5) is 17.2 Å². The molecule has 2 aromatic heterocycles. The highest BCUT2D eigenvalue weighted by molar-refractivity contribution is 6.33. The van der Waals surface area contributed by atoms with Gasteiger partial charge in [-0.05, 0) is 24.6 Å². The van der Waals surface area contributed by atoms with Crippen LogP contribution in [0, 0.1) is 6.57 Å². The number of H-pyrrole nitrogens is 1. The van der Waals surface area contributed by atoms with E-state index in [0.29, 0.717) is 16.8 Å². The predicted octanol–water partition coefficient (Wildman–Crippen LogP) is 3.88. The number of benzene rings is 1. The van der Waals surface area contributed by atoms with Crippen LogP contribution in [0.1, 0.15) is 6.42 Å². The van der Waals surface area contributed by atoms with Crippen molar-refractivity contribution in [1.82, 2.24) is 15.0 Å². The zero-order valence-corrected chi connectivity index (χ0v) is 14.5. The highest BCUT2D eigenvalue weighted by Crippen LogP contribution is 2.32. The van der Waals surface area contributed by atoms with Gasteiger partial charge in [0, 0.05) is 43.1 Å². The molecule has 126 valence electrons. The highest BCUT2D eigenvalue weighted by Gasteiger charge is 2.28. The number of likely N-dealkylation sites (N-methyl/N-ethyl adjacent to an activating group) is 1. The van der Waals surface area contributed by atoms with Crippen molar-refractivity contribution in [3.05, 3.63) is 53.2 Å². The summed E-state index contributed by atoms with van der Waals surface area (Å²) in [5.74, 6) is 0.975. The van der Waals surface area contributed by atoms with E-state index in [2.05, 4.69) is 36.6 Å². The Morgan fingerprint density at radius 2 is 2.24 bits per heavy atom. The van der Waals surface area contributed by atoms with Crippen LogP contribution in [0.15, 0.2) is 36.8 Å². The maximum absolute atomic E-state index is 7.11. The Morgan fingerprint density at radius 1 is 1.36 bits per heavy atom. The van der Waals surface area contributed by atoms with Gasteiger partial charge in [-0.15, -0.1) is 0 Å². The van der Waals surface area contributed by atoms with E-state index in [0.717, 1.165) is 42.0 Å². The quantitative estimate of drug-likeness (QED) is 0.727. The van der Waals surface area contributed by atoms with Crippen LogP contribution in [0.25, 0.3) is 15.9 Å². The van der Waals surface area contributed by atoms with E-state index in [-0.39, 0.29) is 0 Å². The molecule has 0 amide bonds. The van der Waals surface area contributed by atoms with Gasteiger partial charge in [0.25, 0.3) is 0 Å². The largest absolute Gasteiger partial charge is 0.370 e. The molecule has 25 heavy (non-hydrogen) atoms. The standard InChI is InChI=1S/C18H17ClN6/c1-20-16-4-3-12(9-15(16)19)24(2)13-6-8-25(10-13)18-14-5-7-21-17(14)22-11-23-18/h3-5,7,9,11,13H,6,8,10H2,2H3,(H,21,22,23)/t13-/m1/s1. The second kappa shape index (κ2) is 6.26. The lowest BCUT2D eigenvalue weighted by molar-refractivity contribution is 0.692. The van der Waals surface area contributed by atoms with Crippen molar-refractivity contribution in [2.75, 3.05) is 29.9 Å². The number of fused-ring (bicyclic) bond motifs is 1. The van der Waals surface area contributed by atoms with Crippen molar-refractivity contribution in [2.24, 2.45) is 0 Å². The van der Waals surface area contributed by atoms with Crippen molar-refractivity contribution in [3.63, 3.8) is 0 Å². The van der Waals surface area contributed by atoms with Gasteiger partial charge in [-0.1, -0.05) is 17.7 Å². The molecule has 1 saturated heterocycles. The smallest absolute Gasteiger partial charge is 0.205 e. The van der Waals surface area contributed by atoms with Gasteiger partial charge in [0.05, 0.1) is 12.0 Å². The van der Waals surface area contributed by atoms with Gasteiger partial charge in [0.15, 0.2) is 0 Å². The van der Waals surface area contributed by atoms with Crippen molar-refractivity contribution in [3.8, 4) is 0 Å². The molecule has 0 spiro atoms. The van der Waals surface area contributed by atoms with Gasteiger partial charge >= 0.3 is 0 Å². The minimum Gasteiger partial charge on any atom is -0.370 e. The number of hydrogen-bond acceptors (Lipinski definition) is 4. The molecule has 3 heterocycles. The molecule has 6 nitrogen and oxygen atoms in total. The van der Waals surface area contributed by atoms with Gasteiger partial charge in [-0.25, -0.2) is 14.8 Å². The molecule has 0 unspecified atom stereocenters. The Kier molecular flexibility index (Phi) is 3.94. The van der Waals surface area contributed by atoms with Crippen LogP contribution < -0.4 is 9.80 Å². The van der Waals surface area contributed by atoms with E-state index in [1.54, 1.807) is 12.4 Å². The Hall–Kier alpha value is -2.78. The second-order valence-corrected chi connectivity index (χ2v) is 6.59. The van der Waals surface area contributed by atoms with Gasteiger partial charge in [0.2, 0.25) is 5.69 Å². The molecule has 4 rings (SSSR count). The maximum Gasteiger partial charge on any atom is 0.205 e. The summed E-state index contributed by atoms with van der Waals surface area (Å²) in [6.45, 7) is 8.94. The first kappa shape index (κ1) is 15.7. The van der Waals surface area contributed by atoms with E-state index in [1.165, 1.54) is 0 Å². The monoisotopic (exact) mass is 352 g/mol. The molecular weight excluding hydrogens is 336 g/mol. The fourth-order valence-electron chi connectivity index (χ4n) is 3.38. The molecule has 1 atom stereocenters. The van der Waals surface area contributed by atoms with E-state index in [1.807, 2.05) is 24.4 Å². The van der Waals surface area contributed by atoms with Crippen LogP contribution in [-0.2, 0) is 0 Å². The molecule has 0 bridgehead atoms. The number of halogens is 1. The van der Waals surface area contributed by atoms with Gasteiger partial charge in [-0.2, -0.15) is 0 Å². The van der Waals surface area contributed by atoms with Gasteiger partial charge in [-0.3, -0.25) is 0 Å². The van der Waals surface area contributed by atoms with Crippen molar-refractivity contribution in [2.45, 2.75) is 12.5 Å². The first-order chi connectivity index (χ1) is 12.2. The molecular formula is C18H17ClN6. The van der Waals surface area contributed by atoms with E-state index in [9.17, 15) is 0 Å². The first-order valence-corrected chi connectivity index (χ1v) is 8.48. The van der Waals surface area contributed by atoms with Gasteiger partial charge in [0.1, 0.15) is 17.8 Å². The molecule has 1 aliphatic rings. The number of aromatic amines is 1. The predicted molar refractivity (Wildman–Crippen MR) is 101 cm³/mol. The first-order valence-electron chi connectivity index (χ1n) is 8.10. The lowest BCUT2D eigenvalue weighted by Gasteiger charge is -2.27. The van der Waals surface area contributed by atoms with Crippen LogP contribution in [0.5, 0.6) is 0 Å². The highest BCUT2D eigenvalue weighted by atomic mass is 35.5. The number of nitrogens with one attached hydrogen (secondary N) is 1. The third-order valence-electron chi connectivity index (χ3n) is 4.80. The molecule has 0 aliphatic carbocycles. The topological polar surface area (TPSA) is 52.4 Å². The average molecular weight is 353 g/mol. The average Bonchev–Trinajstić information content (AvgIpc) is 3.30. The zero-order valence-electron chi connectivity index (χ0n) is 13.8. The molecule has 1 fully saturated rings. The summed E-state index contributed by atoms with van der Waals surface area (Å²) in [6.07, 6.45) is 4.53. The summed E-state index contributed by atoms with van der Waals surface area (Å²) in [5.41, 5.74) is 2.38. The number of anilines is 2. The fraction of sp³-hybridized carbons (Fsp3) is 0.278. The normalized spacial score (nSPS) is 17.0. The molecule has 1 aliphatic heterocycles.